The molecular weight excluding hydrogens is 228 g/mol. The first-order valence-electron chi connectivity index (χ1n) is 5.62. The topological polar surface area (TPSA) is 35.5 Å². The van der Waals surface area contributed by atoms with E-state index in [2.05, 4.69) is 16.6 Å². The third kappa shape index (κ3) is 5.22. The van der Waals surface area contributed by atoms with Gasteiger partial charge in [-0.15, -0.1) is 0 Å². The summed E-state index contributed by atoms with van der Waals surface area (Å²) in [5, 5.41) is 0. The number of allylic oxidation sites excluding steroid dienone is 1. The van der Waals surface area contributed by atoms with Gasteiger partial charge < -0.3 is 9.47 Å². The maximum atomic E-state index is 10.9. The number of hydrogen-bond donors (Lipinski definition) is 0. The Bertz CT molecular complexity index is 477. The Kier molecular flexibility index (Phi) is 5.53. The third-order valence-electron chi connectivity index (χ3n) is 2.11. The fourth-order valence-electron chi connectivity index (χ4n) is 1.32. The van der Waals surface area contributed by atoms with Gasteiger partial charge in [0.2, 0.25) is 0 Å². The Balaban J connectivity index is 2.62. The molecule has 1 unspecified atom stereocenters. The SMILES string of the molecule is COC(=O)OC(C)/C=C(\C)C#Cc1ccccc1. The van der Waals surface area contributed by atoms with E-state index in [0.717, 1.165) is 11.1 Å². The highest BCUT2D eigenvalue weighted by Gasteiger charge is 2.05. The Morgan fingerprint density at radius 3 is 2.61 bits per heavy atom. The molecule has 0 spiro atoms. The van der Waals surface area contributed by atoms with Gasteiger partial charge in [-0.1, -0.05) is 30.0 Å². The van der Waals surface area contributed by atoms with Crippen molar-refractivity contribution in [1.29, 1.82) is 0 Å². The van der Waals surface area contributed by atoms with Crippen molar-refractivity contribution in [3.63, 3.8) is 0 Å². The monoisotopic (exact) mass is 244 g/mol. The van der Waals surface area contributed by atoms with Gasteiger partial charge in [0.15, 0.2) is 0 Å². The molecule has 94 valence electrons. The van der Waals surface area contributed by atoms with E-state index >= 15 is 0 Å². The largest absolute Gasteiger partial charge is 0.508 e. The van der Waals surface area contributed by atoms with Crippen LogP contribution in [-0.2, 0) is 9.47 Å². The van der Waals surface area contributed by atoms with E-state index in [0.29, 0.717) is 0 Å². The van der Waals surface area contributed by atoms with Crippen molar-refractivity contribution in [3.05, 3.63) is 47.5 Å². The number of rotatable bonds is 2. The molecule has 0 saturated heterocycles. The van der Waals surface area contributed by atoms with E-state index in [1.54, 1.807) is 13.0 Å². The van der Waals surface area contributed by atoms with E-state index in [-0.39, 0.29) is 6.10 Å². The first-order chi connectivity index (χ1) is 8.61. The van der Waals surface area contributed by atoms with Crippen LogP contribution in [-0.4, -0.2) is 19.4 Å². The van der Waals surface area contributed by atoms with Crippen LogP contribution in [0.3, 0.4) is 0 Å². The van der Waals surface area contributed by atoms with Gasteiger partial charge in [-0.05, 0) is 37.6 Å². The zero-order valence-electron chi connectivity index (χ0n) is 10.8. The second-order valence-corrected chi connectivity index (χ2v) is 3.74. The van der Waals surface area contributed by atoms with Crippen LogP contribution in [0.5, 0.6) is 0 Å². The molecule has 1 aromatic rings. The van der Waals surface area contributed by atoms with Crippen molar-refractivity contribution in [3.8, 4) is 11.8 Å². The highest BCUT2D eigenvalue weighted by Crippen LogP contribution is 2.01. The fourth-order valence-corrected chi connectivity index (χ4v) is 1.32. The summed E-state index contributed by atoms with van der Waals surface area (Å²) in [5.41, 5.74) is 1.79. The number of benzene rings is 1. The molecule has 3 heteroatoms. The summed E-state index contributed by atoms with van der Waals surface area (Å²) in [6.07, 6.45) is 0.720. The van der Waals surface area contributed by atoms with Crippen LogP contribution in [0.2, 0.25) is 0 Å². The van der Waals surface area contributed by atoms with Crippen LogP contribution in [0.25, 0.3) is 0 Å². The molecule has 0 aliphatic heterocycles. The minimum absolute atomic E-state index is 0.359. The fraction of sp³-hybridized carbons (Fsp3) is 0.267. The predicted molar refractivity (Wildman–Crippen MR) is 70.0 cm³/mol. The molecule has 0 aliphatic rings. The van der Waals surface area contributed by atoms with Crippen LogP contribution in [0, 0.1) is 11.8 Å². The first-order valence-corrected chi connectivity index (χ1v) is 5.62. The standard InChI is InChI=1S/C15H16O3/c1-12(11-13(2)18-15(16)17-3)9-10-14-7-5-4-6-8-14/h4-8,11,13H,1-3H3/b12-11+. The minimum Gasteiger partial charge on any atom is -0.438 e. The van der Waals surface area contributed by atoms with Crippen LogP contribution in [0.1, 0.15) is 19.4 Å². The number of carbonyl (C=O) groups is 1. The summed E-state index contributed by atoms with van der Waals surface area (Å²) in [6, 6.07) is 9.70. The predicted octanol–water partition coefficient (Wildman–Crippen LogP) is 3.16. The Hall–Kier alpha value is -2.21. The normalized spacial score (nSPS) is 12.1. The lowest BCUT2D eigenvalue weighted by Crippen LogP contribution is -2.12. The zero-order valence-corrected chi connectivity index (χ0v) is 10.8. The van der Waals surface area contributed by atoms with Gasteiger partial charge in [0.1, 0.15) is 6.10 Å². The van der Waals surface area contributed by atoms with Crippen molar-refractivity contribution in [1.82, 2.24) is 0 Å². The molecule has 0 aromatic heterocycles. The van der Waals surface area contributed by atoms with Crippen LogP contribution < -0.4 is 0 Å². The lowest BCUT2D eigenvalue weighted by Gasteiger charge is -2.07. The van der Waals surface area contributed by atoms with Gasteiger partial charge in [-0.3, -0.25) is 0 Å². The molecule has 0 aliphatic carbocycles. The van der Waals surface area contributed by atoms with Gasteiger partial charge in [0.05, 0.1) is 7.11 Å². The van der Waals surface area contributed by atoms with Crippen molar-refractivity contribution < 1.29 is 14.3 Å². The number of carbonyl (C=O) groups excluding carboxylic acids is 1. The summed E-state index contributed by atoms with van der Waals surface area (Å²) in [5.74, 6) is 6.03. The molecule has 0 radical (unpaired) electrons. The quantitative estimate of drug-likeness (QED) is 0.592. The molecule has 0 saturated carbocycles. The summed E-state index contributed by atoms with van der Waals surface area (Å²) in [4.78, 5) is 10.9. The van der Waals surface area contributed by atoms with E-state index < -0.39 is 6.16 Å². The molecule has 0 bridgehead atoms. The third-order valence-corrected chi connectivity index (χ3v) is 2.11. The molecule has 1 aromatic carbocycles. The van der Waals surface area contributed by atoms with E-state index in [4.69, 9.17) is 4.74 Å². The molecule has 0 fully saturated rings. The van der Waals surface area contributed by atoms with E-state index in [1.165, 1.54) is 7.11 Å². The van der Waals surface area contributed by atoms with E-state index in [9.17, 15) is 4.79 Å². The number of hydrogen-bond acceptors (Lipinski definition) is 3. The van der Waals surface area contributed by atoms with Crippen molar-refractivity contribution in [2.75, 3.05) is 7.11 Å². The van der Waals surface area contributed by atoms with Crippen molar-refractivity contribution in [2.45, 2.75) is 20.0 Å². The molecule has 1 atom stereocenters. The molecule has 0 amide bonds. The second kappa shape index (κ2) is 7.18. The second-order valence-electron chi connectivity index (χ2n) is 3.74. The highest BCUT2D eigenvalue weighted by molar-refractivity contribution is 5.60. The summed E-state index contributed by atoms with van der Waals surface area (Å²) >= 11 is 0. The molecular formula is C15H16O3. The maximum Gasteiger partial charge on any atom is 0.508 e. The molecule has 1 rings (SSSR count). The molecule has 18 heavy (non-hydrogen) atoms. The summed E-state index contributed by atoms with van der Waals surface area (Å²) in [6.45, 7) is 3.62. The summed E-state index contributed by atoms with van der Waals surface area (Å²) < 4.78 is 9.32. The van der Waals surface area contributed by atoms with E-state index in [1.807, 2.05) is 37.3 Å². The summed E-state index contributed by atoms with van der Waals surface area (Å²) in [7, 11) is 1.28. The smallest absolute Gasteiger partial charge is 0.438 e. The highest BCUT2D eigenvalue weighted by atomic mass is 16.7. The van der Waals surface area contributed by atoms with Gasteiger partial charge in [0.25, 0.3) is 0 Å². The molecule has 3 nitrogen and oxygen atoms in total. The number of methoxy groups -OCH3 is 1. The van der Waals surface area contributed by atoms with Gasteiger partial charge in [-0.2, -0.15) is 0 Å². The average molecular weight is 244 g/mol. The van der Waals surface area contributed by atoms with Gasteiger partial charge >= 0.3 is 6.16 Å². The minimum atomic E-state index is -0.692. The Labute approximate surface area is 107 Å². The average Bonchev–Trinajstić information content (AvgIpc) is 2.37. The lowest BCUT2D eigenvalue weighted by atomic mass is 10.2. The first kappa shape index (κ1) is 13.9. The van der Waals surface area contributed by atoms with Crippen LogP contribution in [0.15, 0.2) is 42.0 Å². The Morgan fingerprint density at radius 2 is 2.00 bits per heavy atom. The van der Waals surface area contributed by atoms with Crippen LogP contribution >= 0.6 is 0 Å². The maximum absolute atomic E-state index is 10.9. The van der Waals surface area contributed by atoms with Crippen LogP contribution in [0.4, 0.5) is 4.79 Å². The molecule has 0 N–H and O–H groups in total. The van der Waals surface area contributed by atoms with Gasteiger partial charge in [0, 0.05) is 5.56 Å². The number of ether oxygens (including phenoxy) is 2. The zero-order chi connectivity index (χ0) is 13.4. The van der Waals surface area contributed by atoms with Gasteiger partial charge in [-0.25, -0.2) is 4.79 Å². The lowest BCUT2D eigenvalue weighted by molar-refractivity contribution is 0.0577. The van der Waals surface area contributed by atoms with Crippen molar-refractivity contribution in [2.24, 2.45) is 0 Å². The van der Waals surface area contributed by atoms with Crippen molar-refractivity contribution >= 4 is 6.16 Å². The molecule has 0 heterocycles. The Morgan fingerprint density at radius 1 is 1.33 bits per heavy atom.